The van der Waals surface area contributed by atoms with Crippen LogP contribution in [0.15, 0.2) is 59.7 Å². The number of hydrogen-bond donors (Lipinski definition) is 0. The maximum atomic E-state index is 13.0. The summed E-state index contributed by atoms with van der Waals surface area (Å²) in [5, 5.41) is 0. The lowest BCUT2D eigenvalue weighted by atomic mass is 9.80. The minimum absolute atomic E-state index is 0.122. The smallest absolute Gasteiger partial charge is 0.185 e. The molecule has 1 fully saturated rings. The van der Waals surface area contributed by atoms with E-state index in [2.05, 4.69) is 6.92 Å². The summed E-state index contributed by atoms with van der Waals surface area (Å²) in [6.07, 6.45) is 5.53. The molecule has 0 aromatic heterocycles. The van der Waals surface area contributed by atoms with E-state index < -0.39 is 0 Å². The lowest BCUT2D eigenvalue weighted by Gasteiger charge is -2.23. The zero-order valence-corrected chi connectivity index (χ0v) is 15.5. The summed E-state index contributed by atoms with van der Waals surface area (Å²) in [5.74, 6) is 2.12. The molecule has 1 aliphatic carbocycles. The topological polar surface area (TPSA) is 35.5 Å². The van der Waals surface area contributed by atoms with Gasteiger partial charge >= 0.3 is 0 Å². The van der Waals surface area contributed by atoms with E-state index in [0.29, 0.717) is 5.92 Å². The molecule has 2 aromatic carbocycles. The van der Waals surface area contributed by atoms with Crippen molar-refractivity contribution in [1.82, 2.24) is 0 Å². The number of rotatable bonds is 4. The van der Waals surface area contributed by atoms with Crippen LogP contribution in [0.4, 0.5) is 0 Å². The van der Waals surface area contributed by atoms with Gasteiger partial charge in [-0.25, -0.2) is 0 Å². The summed E-state index contributed by atoms with van der Waals surface area (Å²) in [6.45, 7) is 2.18. The van der Waals surface area contributed by atoms with Crippen LogP contribution in [0.5, 0.6) is 11.5 Å². The van der Waals surface area contributed by atoms with Gasteiger partial charge in [0.1, 0.15) is 11.5 Å². The standard InChI is InChI=1S/C23H24O3/c1-16-11-19(13-17-7-6-9-21(14-17)25-2)23(24)20(12-16)15-18-8-4-5-10-22(18)26-3/h4-10,13-16H,11-12H2,1-3H3/b19-13+,20-15+/t16-/m0/s1. The lowest BCUT2D eigenvalue weighted by molar-refractivity contribution is -0.113. The van der Waals surface area contributed by atoms with Crippen molar-refractivity contribution in [1.29, 1.82) is 0 Å². The third-order valence-corrected chi connectivity index (χ3v) is 4.62. The zero-order chi connectivity index (χ0) is 18.5. The molecular formula is C23H24O3. The van der Waals surface area contributed by atoms with Crippen LogP contribution in [0.3, 0.4) is 0 Å². The summed E-state index contributed by atoms with van der Waals surface area (Å²) in [6, 6.07) is 15.6. The summed E-state index contributed by atoms with van der Waals surface area (Å²) < 4.78 is 10.7. The van der Waals surface area contributed by atoms with Crippen molar-refractivity contribution in [3.05, 3.63) is 70.8 Å². The van der Waals surface area contributed by atoms with E-state index in [1.807, 2.05) is 60.7 Å². The van der Waals surface area contributed by atoms with E-state index in [-0.39, 0.29) is 5.78 Å². The van der Waals surface area contributed by atoms with Gasteiger partial charge in [-0.2, -0.15) is 0 Å². The molecule has 3 nitrogen and oxygen atoms in total. The van der Waals surface area contributed by atoms with Gasteiger partial charge in [-0.05, 0) is 54.7 Å². The van der Waals surface area contributed by atoms with Gasteiger partial charge in [-0.1, -0.05) is 37.3 Å². The maximum absolute atomic E-state index is 13.0. The SMILES string of the molecule is COc1cccc(/C=C2\C[C@H](C)C/C(=C\c3ccccc3OC)C2=O)c1. The van der Waals surface area contributed by atoms with Crippen molar-refractivity contribution in [3.63, 3.8) is 0 Å². The Hall–Kier alpha value is -2.81. The molecule has 1 aliphatic rings. The normalized spacial score (nSPS) is 20.4. The third kappa shape index (κ3) is 4.05. The van der Waals surface area contributed by atoms with Crippen molar-refractivity contribution in [2.24, 2.45) is 5.92 Å². The first kappa shape index (κ1) is 18.0. The monoisotopic (exact) mass is 348 g/mol. The highest BCUT2D eigenvalue weighted by molar-refractivity contribution is 6.14. The minimum atomic E-state index is 0.122. The first-order valence-electron chi connectivity index (χ1n) is 8.83. The molecule has 134 valence electrons. The molecule has 3 heteroatoms. The van der Waals surface area contributed by atoms with E-state index >= 15 is 0 Å². The average molecular weight is 348 g/mol. The Balaban J connectivity index is 1.95. The minimum Gasteiger partial charge on any atom is -0.497 e. The van der Waals surface area contributed by atoms with Crippen LogP contribution in [0.2, 0.25) is 0 Å². The molecule has 0 heterocycles. The average Bonchev–Trinajstić information content (AvgIpc) is 2.66. The molecule has 0 amide bonds. The molecule has 1 saturated carbocycles. The van der Waals surface area contributed by atoms with Crippen molar-refractivity contribution in [2.45, 2.75) is 19.8 Å². The molecule has 0 spiro atoms. The number of benzene rings is 2. The molecule has 26 heavy (non-hydrogen) atoms. The molecule has 0 aliphatic heterocycles. The van der Waals surface area contributed by atoms with Crippen LogP contribution < -0.4 is 9.47 Å². The van der Waals surface area contributed by atoms with Gasteiger partial charge in [0.05, 0.1) is 14.2 Å². The summed E-state index contributed by atoms with van der Waals surface area (Å²) in [7, 11) is 3.30. The maximum Gasteiger partial charge on any atom is 0.185 e. The number of Topliss-reactive ketones (excluding diaryl/α,β-unsaturated/α-hetero) is 1. The van der Waals surface area contributed by atoms with E-state index in [9.17, 15) is 4.79 Å². The largest absolute Gasteiger partial charge is 0.497 e. The quantitative estimate of drug-likeness (QED) is 0.715. The molecule has 2 aromatic rings. The second kappa shape index (κ2) is 8.05. The highest BCUT2D eigenvalue weighted by atomic mass is 16.5. The Bertz CT molecular complexity index is 861. The number of ether oxygens (including phenoxy) is 2. The van der Waals surface area contributed by atoms with Crippen LogP contribution >= 0.6 is 0 Å². The molecule has 1 atom stereocenters. The highest BCUT2D eigenvalue weighted by Crippen LogP contribution is 2.33. The van der Waals surface area contributed by atoms with Crippen molar-refractivity contribution >= 4 is 17.9 Å². The van der Waals surface area contributed by atoms with E-state index in [0.717, 1.165) is 46.6 Å². The van der Waals surface area contributed by atoms with Crippen molar-refractivity contribution in [3.8, 4) is 11.5 Å². The zero-order valence-electron chi connectivity index (χ0n) is 15.5. The van der Waals surface area contributed by atoms with E-state index in [1.165, 1.54) is 0 Å². The molecule has 3 rings (SSSR count). The number of allylic oxidation sites excluding steroid dienone is 2. The highest BCUT2D eigenvalue weighted by Gasteiger charge is 2.25. The number of ketones is 1. The fourth-order valence-electron chi connectivity index (χ4n) is 3.37. The summed E-state index contributed by atoms with van der Waals surface area (Å²) in [4.78, 5) is 13.0. The third-order valence-electron chi connectivity index (χ3n) is 4.62. The second-order valence-corrected chi connectivity index (χ2v) is 6.70. The Morgan fingerprint density at radius 2 is 1.65 bits per heavy atom. The van der Waals surface area contributed by atoms with E-state index in [4.69, 9.17) is 9.47 Å². The first-order chi connectivity index (χ1) is 12.6. The molecule has 0 bridgehead atoms. The Labute approximate surface area is 155 Å². The predicted molar refractivity (Wildman–Crippen MR) is 105 cm³/mol. The second-order valence-electron chi connectivity index (χ2n) is 6.70. The molecule has 0 saturated heterocycles. The first-order valence-corrected chi connectivity index (χ1v) is 8.83. The van der Waals surface area contributed by atoms with Crippen molar-refractivity contribution < 1.29 is 14.3 Å². The van der Waals surface area contributed by atoms with Crippen LogP contribution in [0.25, 0.3) is 12.2 Å². The van der Waals surface area contributed by atoms with Gasteiger partial charge < -0.3 is 9.47 Å². The molecule has 0 unspecified atom stereocenters. The van der Waals surface area contributed by atoms with Gasteiger partial charge in [-0.15, -0.1) is 0 Å². The van der Waals surface area contributed by atoms with E-state index in [1.54, 1.807) is 14.2 Å². The Morgan fingerprint density at radius 3 is 2.38 bits per heavy atom. The summed E-state index contributed by atoms with van der Waals surface area (Å²) >= 11 is 0. The van der Waals surface area contributed by atoms with Gasteiger partial charge in [0.25, 0.3) is 0 Å². The molecule has 0 radical (unpaired) electrons. The number of carbonyl (C=O) groups is 1. The number of methoxy groups -OCH3 is 2. The van der Waals surface area contributed by atoms with Gasteiger partial charge in [0.15, 0.2) is 5.78 Å². The van der Waals surface area contributed by atoms with Crippen LogP contribution in [-0.2, 0) is 4.79 Å². The Kier molecular flexibility index (Phi) is 5.57. The van der Waals surface area contributed by atoms with Gasteiger partial charge in [0.2, 0.25) is 0 Å². The number of hydrogen-bond acceptors (Lipinski definition) is 3. The molecular weight excluding hydrogens is 324 g/mol. The van der Waals surface area contributed by atoms with Gasteiger partial charge in [0, 0.05) is 16.7 Å². The number of para-hydroxylation sites is 1. The van der Waals surface area contributed by atoms with Crippen molar-refractivity contribution in [2.75, 3.05) is 14.2 Å². The fourth-order valence-corrected chi connectivity index (χ4v) is 3.37. The molecule has 0 N–H and O–H groups in total. The summed E-state index contributed by atoms with van der Waals surface area (Å²) in [5.41, 5.74) is 3.60. The Morgan fingerprint density at radius 1 is 0.923 bits per heavy atom. The number of carbonyl (C=O) groups excluding carboxylic acids is 1. The van der Waals surface area contributed by atoms with Crippen LogP contribution in [0.1, 0.15) is 30.9 Å². The predicted octanol–water partition coefficient (Wildman–Crippen LogP) is 5.17. The fraction of sp³-hybridized carbons (Fsp3) is 0.261. The van der Waals surface area contributed by atoms with Crippen LogP contribution in [-0.4, -0.2) is 20.0 Å². The lowest BCUT2D eigenvalue weighted by Crippen LogP contribution is -2.18. The van der Waals surface area contributed by atoms with Crippen LogP contribution in [0, 0.1) is 5.92 Å². The van der Waals surface area contributed by atoms with Gasteiger partial charge in [-0.3, -0.25) is 4.79 Å².